The molecular formula is C11H23N3O2. The van der Waals surface area contributed by atoms with Crippen molar-refractivity contribution in [3.63, 3.8) is 0 Å². The Labute approximate surface area is 97.4 Å². The van der Waals surface area contributed by atoms with E-state index >= 15 is 0 Å². The van der Waals surface area contributed by atoms with Crippen LogP contribution in [0.15, 0.2) is 4.99 Å². The number of hydrogen-bond donors (Lipinski definition) is 2. The second kappa shape index (κ2) is 7.46. The lowest BCUT2D eigenvalue weighted by Crippen LogP contribution is -2.37. The number of nitrogens with zero attached hydrogens (tertiary/aromatic N) is 1. The van der Waals surface area contributed by atoms with Gasteiger partial charge in [0.2, 0.25) is 0 Å². The van der Waals surface area contributed by atoms with Crippen molar-refractivity contribution in [1.29, 1.82) is 0 Å². The molecule has 5 nitrogen and oxygen atoms in total. The monoisotopic (exact) mass is 229 g/mol. The Morgan fingerprint density at radius 3 is 3.06 bits per heavy atom. The molecule has 5 heteroatoms. The normalized spacial score (nSPS) is 21.7. The van der Waals surface area contributed by atoms with Crippen LogP contribution in [0, 0.1) is 0 Å². The van der Waals surface area contributed by atoms with Crippen LogP contribution in [0.1, 0.15) is 26.7 Å². The van der Waals surface area contributed by atoms with Gasteiger partial charge < -0.3 is 20.5 Å². The zero-order valence-electron chi connectivity index (χ0n) is 10.2. The van der Waals surface area contributed by atoms with Crippen molar-refractivity contribution in [3.8, 4) is 0 Å². The molecule has 0 amide bonds. The van der Waals surface area contributed by atoms with Crippen LogP contribution in [0.3, 0.4) is 0 Å². The van der Waals surface area contributed by atoms with Crippen LogP contribution in [0.25, 0.3) is 0 Å². The van der Waals surface area contributed by atoms with E-state index in [-0.39, 0.29) is 6.10 Å². The highest BCUT2D eigenvalue weighted by Crippen LogP contribution is 2.11. The largest absolute Gasteiger partial charge is 0.377 e. The summed E-state index contributed by atoms with van der Waals surface area (Å²) < 4.78 is 10.9. The minimum atomic E-state index is 0.287. The number of rotatable bonds is 6. The Bertz CT molecular complexity index is 213. The summed E-state index contributed by atoms with van der Waals surface area (Å²) in [4.78, 5) is 4.15. The maximum absolute atomic E-state index is 5.64. The first-order valence-electron chi connectivity index (χ1n) is 5.94. The summed E-state index contributed by atoms with van der Waals surface area (Å²) in [5.41, 5.74) is 5.64. The molecule has 1 aliphatic heterocycles. The second-order valence-corrected chi connectivity index (χ2v) is 4.28. The molecule has 1 rings (SSSR count). The van der Waals surface area contributed by atoms with Crippen LogP contribution in [0.4, 0.5) is 0 Å². The molecule has 1 unspecified atom stereocenters. The first kappa shape index (κ1) is 13.3. The molecule has 3 N–H and O–H groups in total. The number of guanidine groups is 1. The Morgan fingerprint density at radius 2 is 2.44 bits per heavy atom. The van der Waals surface area contributed by atoms with E-state index < -0.39 is 0 Å². The SMILES string of the molecule is CC(C)NC(N)=NCCOCC1CCCO1. The molecule has 1 heterocycles. The molecule has 1 fully saturated rings. The van der Waals surface area contributed by atoms with Crippen LogP contribution >= 0.6 is 0 Å². The minimum Gasteiger partial charge on any atom is -0.377 e. The molecule has 1 aliphatic rings. The van der Waals surface area contributed by atoms with E-state index in [1.54, 1.807) is 0 Å². The summed E-state index contributed by atoms with van der Waals surface area (Å²) in [6, 6.07) is 0.316. The van der Waals surface area contributed by atoms with Gasteiger partial charge in [-0.1, -0.05) is 0 Å². The van der Waals surface area contributed by atoms with E-state index in [2.05, 4.69) is 10.3 Å². The molecule has 0 aromatic heterocycles. The Balaban J connectivity index is 1.97. The van der Waals surface area contributed by atoms with E-state index in [4.69, 9.17) is 15.2 Å². The summed E-state index contributed by atoms with van der Waals surface area (Å²) in [7, 11) is 0. The van der Waals surface area contributed by atoms with Crippen LogP contribution in [0.2, 0.25) is 0 Å². The highest BCUT2D eigenvalue weighted by molar-refractivity contribution is 5.78. The van der Waals surface area contributed by atoms with Crippen molar-refractivity contribution in [2.24, 2.45) is 10.7 Å². The molecule has 0 radical (unpaired) electrons. The van der Waals surface area contributed by atoms with Crippen molar-refractivity contribution in [2.75, 3.05) is 26.4 Å². The van der Waals surface area contributed by atoms with Gasteiger partial charge in [0.05, 0.1) is 25.9 Å². The van der Waals surface area contributed by atoms with E-state index in [9.17, 15) is 0 Å². The number of nitrogens with one attached hydrogen (secondary N) is 1. The summed E-state index contributed by atoms with van der Waals surface area (Å²) in [6.45, 7) is 6.79. The quantitative estimate of drug-likeness (QED) is 0.395. The number of aliphatic imine (C=N–C) groups is 1. The molecule has 0 aliphatic carbocycles. The predicted octanol–water partition coefficient (Wildman–Crippen LogP) is 0.495. The van der Waals surface area contributed by atoms with Crippen LogP contribution in [-0.2, 0) is 9.47 Å². The summed E-state index contributed by atoms with van der Waals surface area (Å²) in [6.07, 6.45) is 2.55. The summed E-state index contributed by atoms with van der Waals surface area (Å²) >= 11 is 0. The van der Waals surface area contributed by atoms with E-state index in [1.165, 1.54) is 0 Å². The smallest absolute Gasteiger partial charge is 0.188 e. The lowest BCUT2D eigenvalue weighted by Gasteiger charge is -2.10. The highest BCUT2D eigenvalue weighted by Gasteiger charge is 2.14. The fourth-order valence-corrected chi connectivity index (χ4v) is 1.56. The van der Waals surface area contributed by atoms with Crippen LogP contribution in [-0.4, -0.2) is 44.5 Å². The van der Waals surface area contributed by atoms with Gasteiger partial charge in [0.25, 0.3) is 0 Å². The van der Waals surface area contributed by atoms with Crippen molar-refractivity contribution >= 4 is 5.96 Å². The second-order valence-electron chi connectivity index (χ2n) is 4.28. The van der Waals surface area contributed by atoms with E-state index in [0.29, 0.717) is 31.8 Å². The average Bonchev–Trinajstić information content (AvgIpc) is 2.68. The molecular weight excluding hydrogens is 206 g/mol. The van der Waals surface area contributed by atoms with Gasteiger partial charge in [-0.05, 0) is 26.7 Å². The van der Waals surface area contributed by atoms with Crippen molar-refractivity contribution in [3.05, 3.63) is 0 Å². The Morgan fingerprint density at radius 1 is 1.62 bits per heavy atom. The van der Waals surface area contributed by atoms with Crippen LogP contribution < -0.4 is 11.1 Å². The minimum absolute atomic E-state index is 0.287. The van der Waals surface area contributed by atoms with Crippen molar-refractivity contribution in [2.45, 2.75) is 38.8 Å². The maximum Gasteiger partial charge on any atom is 0.188 e. The van der Waals surface area contributed by atoms with Gasteiger partial charge >= 0.3 is 0 Å². The molecule has 0 bridgehead atoms. The van der Waals surface area contributed by atoms with Gasteiger partial charge in [0.1, 0.15) is 0 Å². The lowest BCUT2D eigenvalue weighted by atomic mass is 10.2. The Kier molecular flexibility index (Phi) is 6.18. The first-order valence-corrected chi connectivity index (χ1v) is 5.94. The van der Waals surface area contributed by atoms with Gasteiger partial charge in [-0.25, -0.2) is 0 Å². The third-order valence-corrected chi connectivity index (χ3v) is 2.28. The van der Waals surface area contributed by atoms with Gasteiger partial charge in [0.15, 0.2) is 5.96 Å². The predicted molar refractivity (Wildman–Crippen MR) is 64.6 cm³/mol. The summed E-state index contributed by atoms with van der Waals surface area (Å²) in [5, 5.41) is 3.02. The molecule has 0 aromatic rings. The molecule has 0 saturated carbocycles. The van der Waals surface area contributed by atoms with Gasteiger partial charge in [0, 0.05) is 12.6 Å². The van der Waals surface area contributed by atoms with Crippen molar-refractivity contribution < 1.29 is 9.47 Å². The van der Waals surface area contributed by atoms with Gasteiger partial charge in [-0.2, -0.15) is 0 Å². The number of hydrogen-bond acceptors (Lipinski definition) is 3. The third-order valence-electron chi connectivity index (χ3n) is 2.28. The van der Waals surface area contributed by atoms with Gasteiger partial charge in [-0.15, -0.1) is 0 Å². The highest BCUT2D eigenvalue weighted by atomic mass is 16.5. The average molecular weight is 229 g/mol. The van der Waals surface area contributed by atoms with Crippen LogP contribution in [0.5, 0.6) is 0 Å². The molecule has 1 atom stereocenters. The molecule has 94 valence electrons. The molecule has 0 spiro atoms. The number of ether oxygens (including phenoxy) is 2. The third kappa shape index (κ3) is 5.92. The zero-order chi connectivity index (χ0) is 11.8. The summed E-state index contributed by atoms with van der Waals surface area (Å²) in [5.74, 6) is 0.482. The fourth-order valence-electron chi connectivity index (χ4n) is 1.56. The topological polar surface area (TPSA) is 68.9 Å². The maximum atomic E-state index is 5.64. The van der Waals surface area contributed by atoms with E-state index in [0.717, 1.165) is 19.4 Å². The molecule has 16 heavy (non-hydrogen) atoms. The fraction of sp³-hybridized carbons (Fsp3) is 0.909. The van der Waals surface area contributed by atoms with Gasteiger partial charge in [-0.3, -0.25) is 4.99 Å². The van der Waals surface area contributed by atoms with Crippen molar-refractivity contribution in [1.82, 2.24) is 5.32 Å². The lowest BCUT2D eigenvalue weighted by molar-refractivity contribution is 0.0200. The molecule has 0 aromatic carbocycles. The molecule has 1 saturated heterocycles. The standard InChI is InChI=1S/C11H23N3O2/c1-9(2)14-11(12)13-5-7-15-8-10-4-3-6-16-10/h9-10H,3-8H2,1-2H3,(H3,12,13,14). The Hall–Kier alpha value is -0.810. The van der Waals surface area contributed by atoms with E-state index in [1.807, 2.05) is 13.8 Å². The number of nitrogens with two attached hydrogens (primary N) is 1. The zero-order valence-corrected chi connectivity index (χ0v) is 10.2. The first-order chi connectivity index (χ1) is 7.68.